The molecule has 0 aliphatic carbocycles. The van der Waals surface area contributed by atoms with Crippen LogP contribution in [0, 0.1) is 0 Å². The lowest BCUT2D eigenvalue weighted by atomic mass is 10.1. The van der Waals surface area contributed by atoms with Crippen molar-refractivity contribution in [3.8, 4) is 0 Å². The van der Waals surface area contributed by atoms with Crippen molar-refractivity contribution in [1.82, 2.24) is 5.32 Å². The number of nitrogens with one attached hydrogen (secondary N) is 2. The Morgan fingerprint density at radius 2 is 2.17 bits per heavy atom. The maximum Gasteiger partial charge on any atom is 0.337 e. The molecule has 1 aromatic carbocycles. The normalized spacial score (nSPS) is 19.2. The standard InChI is InChI=1S/C12H14N2O3S/c15-11(10-7-18-6-5-13-10)14-9-4-2-1-3-8(9)12(16)17/h1-4,10,13H,5-7H2,(H,14,15)(H,16,17). The summed E-state index contributed by atoms with van der Waals surface area (Å²) >= 11 is 1.71. The average Bonchev–Trinajstić information content (AvgIpc) is 2.40. The van der Waals surface area contributed by atoms with Gasteiger partial charge < -0.3 is 15.7 Å². The van der Waals surface area contributed by atoms with Crippen LogP contribution in [0.3, 0.4) is 0 Å². The van der Waals surface area contributed by atoms with Gasteiger partial charge in [-0.2, -0.15) is 11.8 Å². The predicted molar refractivity (Wildman–Crippen MR) is 71.1 cm³/mol. The first kappa shape index (κ1) is 12.9. The first-order chi connectivity index (χ1) is 8.68. The number of carbonyl (C=O) groups excluding carboxylic acids is 1. The number of hydrogen-bond acceptors (Lipinski definition) is 4. The number of para-hydroxylation sites is 1. The molecule has 5 nitrogen and oxygen atoms in total. The highest BCUT2D eigenvalue weighted by Gasteiger charge is 2.22. The number of carboxylic acid groups (broad SMARTS) is 1. The zero-order valence-corrected chi connectivity index (χ0v) is 10.5. The Balaban J connectivity index is 2.08. The molecule has 1 amide bonds. The van der Waals surface area contributed by atoms with Crippen molar-refractivity contribution < 1.29 is 14.7 Å². The van der Waals surface area contributed by atoms with Crippen LogP contribution in [0.1, 0.15) is 10.4 Å². The lowest BCUT2D eigenvalue weighted by molar-refractivity contribution is -0.117. The number of anilines is 1. The molecule has 1 heterocycles. The highest BCUT2D eigenvalue weighted by Crippen LogP contribution is 2.16. The molecule has 96 valence electrons. The average molecular weight is 266 g/mol. The van der Waals surface area contributed by atoms with Gasteiger partial charge in [0.1, 0.15) is 0 Å². The van der Waals surface area contributed by atoms with Gasteiger partial charge in [-0.15, -0.1) is 0 Å². The van der Waals surface area contributed by atoms with Crippen LogP contribution in [0.4, 0.5) is 5.69 Å². The summed E-state index contributed by atoms with van der Waals surface area (Å²) in [5.41, 5.74) is 0.446. The third-order valence-corrected chi connectivity index (χ3v) is 3.72. The third-order valence-electron chi connectivity index (χ3n) is 2.65. The topological polar surface area (TPSA) is 78.4 Å². The van der Waals surface area contributed by atoms with Gasteiger partial charge in [0, 0.05) is 18.1 Å². The van der Waals surface area contributed by atoms with Gasteiger partial charge in [0.15, 0.2) is 0 Å². The van der Waals surface area contributed by atoms with Crippen LogP contribution in [0.15, 0.2) is 24.3 Å². The lowest BCUT2D eigenvalue weighted by Gasteiger charge is -2.22. The van der Waals surface area contributed by atoms with E-state index in [-0.39, 0.29) is 17.5 Å². The van der Waals surface area contributed by atoms with Crippen molar-refractivity contribution in [2.24, 2.45) is 0 Å². The molecule has 3 N–H and O–H groups in total. The monoisotopic (exact) mass is 266 g/mol. The minimum Gasteiger partial charge on any atom is -0.478 e. The lowest BCUT2D eigenvalue weighted by Crippen LogP contribution is -2.46. The Kier molecular flexibility index (Phi) is 4.22. The smallest absolute Gasteiger partial charge is 0.337 e. The van der Waals surface area contributed by atoms with E-state index in [0.717, 1.165) is 12.3 Å². The molecule has 0 saturated carbocycles. The van der Waals surface area contributed by atoms with Crippen molar-refractivity contribution in [2.45, 2.75) is 6.04 Å². The molecule has 18 heavy (non-hydrogen) atoms. The Hall–Kier alpha value is -1.53. The number of rotatable bonds is 3. The van der Waals surface area contributed by atoms with Gasteiger partial charge in [-0.25, -0.2) is 4.79 Å². The van der Waals surface area contributed by atoms with Crippen LogP contribution >= 0.6 is 11.8 Å². The van der Waals surface area contributed by atoms with E-state index in [1.807, 2.05) is 0 Å². The minimum atomic E-state index is -1.04. The second-order valence-electron chi connectivity index (χ2n) is 3.92. The summed E-state index contributed by atoms with van der Waals surface area (Å²) in [4.78, 5) is 23.0. The molecule has 1 saturated heterocycles. The minimum absolute atomic E-state index is 0.106. The van der Waals surface area contributed by atoms with Gasteiger partial charge in [-0.05, 0) is 12.1 Å². The Morgan fingerprint density at radius 1 is 1.39 bits per heavy atom. The summed E-state index contributed by atoms with van der Waals surface area (Å²) in [6.45, 7) is 0.795. The Bertz CT molecular complexity index is 458. The maximum absolute atomic E-state index is 12.0. The number of amides is 1. The van der Waals surface area contributed by atoms with Crippen molar-refractivity contribution in [3.63, 3.8) is 0 Å². The second kappa shape index (κ2) is 5.88. The number of carboxylic acids is 1. The molecule has 0 radical (unpaired) electrons. The predicted octanol–water partition coefficient (Wildman–Crippen LogP) is 1.03. The molecule has 0 spiro atoms. The van der Waals surface area contributed by atoms with Gasteiger partial charge in [-0.1, -0.05) is 12.1 Å². The van der Waals surface area contributed by atoms with E-state index in [0.29, 0.717) is 11.4 Å². The fraction of sp³-hybridized carbons (Fsp3) is 0.333. The summed E-state index contributed by atoms with van der Waals surface area (Å²) < 4.78 is 0. The van der Waals surface area contributed by atoms with Crippen LogP contribution in [0.25, 0.3) is 0 Å². The van der Waals surface area contributed by atoms with Crippen molar-refractivity contribution in [1.29, 1.82) is 0 Å². The first-order valence-electron chi connectivity index (χ1n) is 5.63. The second-order valence-corrected chi connectivity index (χ2v) is 5.07. The molecule has 1 fully saturated rings. The number of benzene rings is 1. The van der Waals surface area contributed by atoms with Gasteiger partial charge in [0.2, 0.25) is 5.91 Å². The van der Waals surface area contributed by atoms with Gasteiger partial charge in [0.05, 0.1) is 17.3 Å². The molecule has 1 aliphatic heterocycles. The highest BCUT2D eigenvalue weighted by atomic mass is 32.2. The van der Waals surface area contributed by atoms with Crippen LogP contribution in [-0.2, 0) is 4.79 Å². The Morgan fingerprint density at radius 3 is 2.83 bits per heavy atom. The molecular weight excluding hydrogens is 252 g/mol. The highest BCUT2D eigenvalue weighted by molar-refractivity contribution is 7.99. The maximum atomic E-state index is 12.0. The number of aromatic carboxylic acids is 1. The fourth-order valence-corrected chi connectivity index (χ4v) is 2.67. The molecule has 1 unspecified atom stereocenters. The summed E-state index contributed by atoms with van der Waals surface area (Å²) in [6, 6.07) is 6.14. The molecule has 6 heteroatoms. The van der Waals surface area contributed by atoms with Crippen LogP contribution < -0.4 is 10.6 Å². The summed E-state index contributed by atoms with van der Waals surface area (Å²) in [5, 5.41) is 14.8. The third kappa shape index (κ3) is 3.02. The zero-order chi connectivity index (χ0) is 13.0. The fourth-order valence-electron chi connectivity index (χ4n) is 1.73. The first-order valence-corrected chi connectivity index (χ1v) is 6.78. The molecule has 2 rings (SSSR count). The van der Waals surface area contributed by atoms with E-state index in [2.05, 4.69) is 10.6 Å². The van der Waals surface area contributed by atoms with Crippen LogP contribution in [0.2, 0.25) is 0 Å². The largest absolute Gasteiger partial charge is 0.478 e. The summed E-state index contributed by atoms with van der Waals surface area (Å²) in [6.07, 6.45) is 0. The van der Waals surface area contributed by atoms with Crippen molar-refractivity contribution in [3.05, 3.63) is 29.8 Å². The van der Waals surface area contributed by atoms with Gasteiger partial charge in [0.25, 0.3) is 0 Å². The number of thioether (sulfide) groups is 1. The van der Waals surface area contributed by atoms with E-state index in [1.165, 1.54) is 6.07 Å². The van der Waals surface area contributed by atoms with E-state index < -0.39 is 5.97 Å². The van der Waals surface area contributed by atoms with E-state index >= 15 is 0 Å². The van der Waals surface area contributed by atoms with E-state index in [4.69, 9.17) is 5.11 Å². The molecule has 1 atom stereocenters. The molecule has 0 bridgehead atoms. The molecule has 0 aromatic heterocycles. The molecular formula is C12H14N2O3S. The molecule has 1 aromatic rings. The Labute approximate surface area is 109 Å². The van der Waals surface area contributed by atoms with Crippen molar-refractivity contribution in [2.75, 3.05) is 23.4 Å². The number of hydrogen-bond donors (Lipinski definition) is 3. The van der Waals surface area contributed by atoms with Crippen molar-refractivity contribution >= 4 is 29.3 Å². The molecule has 1 aliphatic rings. The van der Waals surface area contributed by atoms with Crippen LogP contribution in [0.5, 0.6) is 0 Å². The van der Waals surface area contributed by atoms with Crippen LogP contribution in [-0.4, -0.2) is 41.1 Å². The quantitative estimate of drug-likeness (QED) is 0.761. The zero-order valence-electron chi connectivity index (χ0n) is 9.68. The summed E-state index contributed by atoms with van der Waals surface area (Å²) in [7, 11) is 0. The van der Waals surface area contributed by atoms with Gasteiger partial charge >= 0.3 is 5.97 Å². The number of carbonyl (C=O) groups is 2. The van der Waals surface area contributed by atoms with E-state index in [1.54, 1.807) is 30.0 Å². The summed E-state index contributed by atoms with van der Waals surface area (Å²) in [5.74, 6) is 0.476. The van der Waals surface area contributed by atoms with E-state index in [9.17, 15) is 9.59 Å². The van der Waals surface area contributed by atoms with Gasteiger partial charge in [-0.3, -0.25) is 4.79 Å². The SMILES string of the molecule is O=C(O)c1ccccc1NC(=O)C1CSCCN1.